The summed E-state index contributed by atoms with van der Waals surface area (Å²) in [5.74, 6) is 0. The maximum atomic E-state index is 2.44. The minimum Gasteiger partial charge on any atom is -1.00 e. The number of fused-ring (bicyclic) bond motifs is 3. The maximum Gasteiger partial charge on any atom is 0.168 e. The van der Waals surface area contributed by atoms with Crippen molar-refractivity contribution in [3.63, 3.8) is 0 Å². The molecule has 0 unspecified atom stereocenters. The highest BCUT2D eigenvalue weighted by atomic mass is 127. The van der Waals surface area contributed by atoms with Gasteiger partial charge in [0.1, 0.15) is 7.05 Å². The van der Waals surface area contributed by atoms with E-state index in [4.69, 9.17) is 0 Å². The summed E-state index contributed by atoms with van der Waals surface area (Å²) >= 11 is 0. The van der Waals surface area contributed by atoms with Crippen molar-refractivity contribution >= 4 is 21.8 Å². The summed E-state index contributed by atoms with van der Waals surface area (Å²) in [6, 6.07) is 21.8. The summed E-state index contributed by atoms with van der Waals surface area (Å²) in [7, 11) is 2.05. The molecule has 0 aliphatic carbocycles. The Morgan fingerprint density at radius 2 is 1.30 bits per heavy atom. The van der Waals surface area contributed by atoms with Crippen LogP contribution < -0.4 is 28.5 Å². The zero-order valence-electron chi connectivity index (χ0n) is 13.1. The standard InChI is InChI=1S/C20H19N2.HI/c1-21-13-10-16(11-14-21)12-15-22-19-8-4-2-6-17(19)18-7-3-5-9-20(18)22;/h2-11,13-14H,12,15H2,1H3;1H/q+1;/p-1. The zero-order valence-corrected chi connectivity index (χ0v) is 15.3. The molecular weight excluding hydrogens is 395 g/mol. The predicted molar refractivity (Wildman–Crippen MR) is 90.8 cm³/mol. The van der Waals surface area contributed by atoms with Crippen LogP contribution in [0.5, 0.6) is 0 Å². The summed E-state index contributed by atoms with van der Waals surface area (Å²) in [5.41, 5.74) is 4.02. The molecule has 23 heavy (non-hydrogen) atoms. The lowest BCUT2D eigenvalue weighted by molar-refractivity contribution is -0.671. The van der Waals surface area contributed by atoms with Gasteiger partial charge >= 0.3 is 0 Å². The molecule has 0 N–H and O–H groups in total. The van der Waals surface area contributed by atoms with Gasteiger partial charge in [-0.15, -0.1) is 0 Å². The average Bonchev–Trinajstić information content (AvgIpc) is 2.89. The molecule has 0 bridgehead atoms. The van der Waals surface area contributed by atoms with Gasteiger partial charge < -0.3 is 28.5 Å². The van der Waals surface area contributed by atoms with E-state index < -0.39 is 0 Å². The van der Waals surface area contributed by atoms with Crippen molar-refractivity contribution in [3.05, 3.63) is 78.6 Å². The summed E-state index contributed by atoms with van der Waals surface area (Å²) in [5, 5.41) is 2.69. The quantitative estimate of drug-likeness (QED) is 0.348. The second-order valence-electron chi connectivity index (χ2n) is 5.81. The van der Waals surface area contributed by atoms with Crippen molar-refractivity contribution in [2.75, 3.05) is 0 Å². The van der Waals surface area contributed by atoms with Gasteiger partial charge in [0, 0.05) is 40.5 Å². The Labute approximate surface area is 153 Å². The van der Waals surface area contributed by atoms with Crippen molar-refractivity contribution in [2.45, 2.75) is 13.0 Å². The number of nitrogens with zero attached hydrogens (tertiary/aromatic N) is 2. The highest BCUT2D eigenvalue weighted by molar-refractivity contribution is 6.07. The van der Waals surface area contributed by atoms with Gasteiger partial charge in [-0.05, 0) is 24.1 Å². The van der Waals surface area contributed by atoms with Crippen LogP contribution in [0.2, 0.25) is 0 Å². The highest BCUT2D eigenvalue weighted by Crippen LogP contribution is 2.28. The average molecular weight is 414 g/mol. The van der Waals surface area contributed by atoms with E-state index in [1.54, 1.807) is 0 Å². The van der Waals surface area contributed by atoms with E-state index in [9.17, 15) is 0 Å². The molecule has 0 amide bonds. The van der Waals surface area contributed by atoms with Crippen LogP contribution in [0, 0.1) is 0 Å². The molecule has 0 fully saturated rings. The first-order valence-corrected chi connectivity index (χ1v) is 7.73. The van der Waals surface area contributed by atoms with E-state index in [-0.39, 0.29) is 24.0 Å². The fourth-order valence-corrected chi connectivity index (χ4v) is 3.18. The SMILES string of the molecule is C[n+]1ccc(CCn2c3ccccc3c3ccccc32)cc1.[I-]. The van der Waals surface area contributed by atoms with E-state index in [0.29, 0.717) is 0 Å². The molecule has 2 aromatic carbocycles. The predicted octanol–water partition coefficient (Wildman–Crippen LogP) is 0.866. The topological polar surface area (TPSA) is 8.81 Å². The van der Waals surface area contributed by atoms with Gasteiger partial charge in [0.25, 0.3) is 0 Å². The van der Waals surface area contributed by atoms with Crippen LogP contribution in [0.1, 0.15) is 5.56 Å². The molecule has 116 valence electrons. The number of aryl methyl sites for hydroxylation is 3. The summed E-state index contributed by atoms with van der Waals surface area (Å²) in [6.45, 7) is 1.00. The molecule has 0 spiro atoms. The van der Waals surface area contributed by atoms with Crippen LogP contribution in [-0.2, 0) is 20.0 Å². The molecule has 0 saturated carbocycles. The molecule has 0 radical (unpaired) electrons. The Hall–Kier alpha value is -1.88. The monoisotopic (exact) mass is 414 g/mol. The third kappa shape index (κ3) is 2.98. The van der Waals surface area contributed by atoms with Crippen LogP contribution in [0.3, 0.4) is 0 Å². The van der Waals surface area contributed by atoms with Crippen molar-refractivity contribution in [1.29, 1.82) is 0 Å². The molecule has 0 aliphatic heterocycles. The second-order valence-corrected chi connectivity index (χ2v) is 5.81. The van der Waals surface area contributed by atoms with E-state index in [1.165, 1.54) is 27.4 Å². The van der Waals surface area contributed by atoms with Crippen molar-refractivity contribution in [3.8, 4) is 0 Å². The summed E-state index contributed by atoms with van der Waals surface area (Å²) < 4.78 is 4.52. The number of hydrogen-bond donors (Lipinski definition) is 0. The Balaban J connectivity index is 0.00000156. The first kappa shape index (κ1) is 16.0. The minimum absolute atomic E-state index is 0. The molecule has 0 aliphatic rings. The molecule has 2 aromatic heterocycles. The number of hydrogen-bond acceptors (Lipinski definition) is 0. The van der Waals surface area contributed by atoms with E-state index in [1.807, 2.05) is 0 Å². The van der Waals surface area contributed by atoms with Crippen LogP contribution >= 0.6 is 0 Å². The van der Waals surface area contributed by atoms with Crippen LogP contribution in [0.15, 0.2) is 73.1 Å². The molecule has 4 rings (SSSR count). The molecular formula is C20H19IN2. The third-order valence-corrected chi connectivity index (χ3v) is 4.35. The second kappa shape index (κ2) is 6.71. The first-order chi connectivity index (χ1) is 10.8. The number of para-hydroxylation sites is 2. The molecule has 2 nitrogen and oxygen atoms in total. The van der Waals surface area contributed by atoms with Gasteiger partial charge in [-0.3, -0.25) is 0 Å². The Bertz CT molecular complexity index is 886. The molecule has 0 atom stereocenters. The lowest BCUT2D eigenvalue weighted by atomic mass is 10.2. The van der Waals surface area contributed by atoms with Gasteiger partial charge in [-0.2, -0.15) is 0 Å². The number of rotatable bonds is 3. The van der Waals surface area contributed by atoms with Gasteiger partial charge in [0.05, 0.1) is 0 Å². The van der Waals surface area contributed by atoms with Gasteiger partial charge in [0.15, 0.2) is 12.4 Å². The minimum atomic E-state index is 0. The smallest absolute Gasteiger partial charge is 0.168 e. The van der Waals surface area contributed by atoms with E-state index in [0.717, 1.165) is 13.0 Å². The Morgan fingerprint density at radius 3 is 1.87 bits per heavy atom. The Morgan fingerprint density at radius 1 is 0.783 bits per heavy atom. The highest BCUT2D eigenvalue weighted by Gasteiger charge is 2.09. The van der Waals surface area contributed by atoms with Crippen LogP contribution in [-0.4, -0.2) is 4.57 Å². The van der Waals surface area contributed by atoms with Crippen LogP contribution in [0.4, 0.5) is 0 Å². The van der Waals surface area contributed by atoms with Crippen molar-refractivity contribution < 1.29 is 28.5 Å². The van der Waals surface area contributed by atoms with E-state index in [2.05, 4.69) is 89.2 Å². The number of benzene rings is 2. The largest absolute Gasteiger partial charge is 1.00 e. The van der Waals surface area contributed by atoms with Crippen LogP contribution in [0.25, 0.3) is 21.8 Å². The fourth-order valence-electron chi connectivity index (χ4n) is 3.18. The summed E-state index contributed by atoms with van der Waals surface area (Å²) in [4.78, 5) is 0. The first-order valence-electron chi connectivity index (χ1n) is 7.73. The maximum absolute atomic E-state index is 2.44. The van der Waals surface area contributed by atoms with E-state index >= 15 is 0 Å². The van der Waals surface area contributed by atoms with Gasteiger partial charge in [0.2, 0.25) is 0 Å². The third-order valence-electron chi connectivity index (χ3n) is 4.35. The number of halogens is 1. The zero-order chi connectivity index (χ0) is 14.9. The molecule has 3 heteroatoms. The van der Waals surface area contributed by atoms with Crippen molar-refractivity contribution in [2.24, 2.45) is 7.05 Å². The summed E-state index contributed by atoms with van der Waals surface area (Å²) in [6.07, 6.45) is 5.27. The molecule has 2 heterocycles. The lowest BCUT2D eigenvalue weighted by Crippen LogP contribution is -3.00. The fraction of sp³-hybridized carbons (Fsp3) is 0.150. The normalized spacial score (nSPS) is 10.8. The molecule has 0 saturated heterocycles. The molecule has 4 aromatic rings. The Kier molecular flexibility index (Phi) is 4.66. The van der Waals surface area contributed by atoms with Crippen molar-refractivity contribution in [1.82, 2.24) is 4.57 Å². The number of pyridine rings is 1. The van der Waals surface area contributed by atoms with Gasteiger partial charge in [-0.1, -0.05) is 36.4 Å². The van der Waals surface area contributed by atoms with Gasteiger partial charge in [-0.25, -0.2) is 4.57 Å². The number of aromatic nitrogens is 2. The lowest BCUT2D eigenvalue weighted by Gasteiger charge is -2.07.